The number of esters is 1. The van der Waals surface area contributed by atoms with Gasteiger partial charge in [-0.05, 0) is 24.3 Å². The van der Waals surface area contributed by atoms with E-state index in [9.17, 15) is 9.59 Å². The zero-order valence-corrected chi connectivity index (χ0v) is 8.73. The lowest BCUT2D eigenvalue weighted by molar-refractivity contribution is -0.157. The first kappa shape index (κ1) is 10.2. The van der Waals surface area contributed by atoms with Gasteiger partial charge in [-0.3, -0.25) is 9.59 Å². The summed E-state index contributed by atoms with van der Waals surface area (Å²) >= 11 is 0. The van der Waals surface area contributed by atoms with Gasteiger partial charge in [-0.2, -0.15) is 0 Å². The van der Waals surface area contributed by atoms with Crippen LogP contribution in [0, 0.1) is 11.8 Å². The highest BCUT2D eigenvalue weighted by atomic mass is 16.5. The van der Waals surface area contributed by atoms with E-state index in [0.717, 1.165) is 6.42 Å². The van der Waals surface area contributed by atoms with Crippen LogP contribution < -0.4 is 5.32 Å². The highest BCUT2D eigenvalue weighted by Gasteiger charge is 2.48. The minimum absolute atomic E-state index is 0.0248. The van der Waals surface area contributed by atoms with Crippen molar-refractivity contribution < 1.29 is 14.3 Å². The molecule has 1 saturated carbocycles. The molecule has 1 amide bonds. The van der Waals surface area contributed by atoms with Crippen molar-refractivity contribution in [3.05, 3.63) is 12.7 Å². The molecule has 0 aromatic rings. The Bertz CT molecular complexity index is 313. The maximum absolute atomic E-state index is 11.2. The number of rotatable bonds is 2. The first-order valence-electron chi connectivity index (χ1n) is 5.24. The number of carbonyl (C=O) groups excluding carboxylic acids is 2. The van der Waals surface area contributed by atoms with E-state index in [2.05, 4.69) is 18.8 Å². The molecule has 1 aliphatic carbocycles. The van der Waals surface area contributed by atoms with Crippen LogP contribution in [-0.2, 0) is 14.3 Å². The van der Waals surface area contributed by atoms with Gasteiger partial charge >= 0.3 is 5.97 Å². The molecule has 15 heavy (non-hydrogen) atoms. The van der Waals surface area contributed by atoms with Crippen LogP contribution in [0.4, 0.5) is 0 Å². The molecular weight excluding hydrogens is 194 g/mol. The van der Waals surface area contributed by atoms with Crippen molar-refractivity contribution in [2.75, 3.05) is 0 Å². The van der Waals surface area contributed by atoms with Crippen LogP contribution in [0.3, 0.4) is 0 Å². The van der Waals surface area contributed by atoms with E-state index in [1.54, 1.807) is 0 Å². The van der Waals surface area contributed by atoms with Gasteiger partial charge in [0.2, 0.25) is 5.91 Å². The summed E-state index contributed by atoms with van der Waals surface area (Å²) in [5.41, 5.74) is 0. The minimum atomic E-state index is -0.193. The van der Waals surface area contributed by atoms with Gasteiger partial charge in [-0.15, -0.1) is 0 Å². The second-order valence-corrected chi connectivity index (χ2v) is 4.37. The summed E-state index contributed by atoms with van der Waals surface area (Å²) in [4.78, 5) is 22.4. The predicted molar refractivity (Wildman–Crippen MR) is 53.9 cm³/mol. The molecule has 4 heteroatoms. The molecule has 0 spiro atoms. The SMILES string of the molecule is C=CC(=O)NC1C2CC(=O)OC1C(C)C2. The molecule has 4 nitrogen and oxygen atoms in total. The quantitative estimate of drug-likeness (QED) is 0.536. The lowest BCUT2D eigenvalue weighted by Gasteiger charge is -2.30. The molecule has 0 radical (unpaired) electrons. The summed E-state index contributed by atoms with van der Waals surface area (Å²) in [6.07, 6.45) is 2.46. The van der Waals surface area contributed by atoms with Gasteiger partial charge < -0.3 is 10.1 Å². The van der Waals surface area contributed by atoms with E-state index in [1.807, 2.05) is 0 Å². The van der Waals surface area contributed by atoms with Crippen molar-refractivity contribution >= 4 is 11.9 Å². The summed E-state index contributed by atoms with van der Waals surface area (Å²) in [6, 6.07) is -0.0248. The molecular formula is C11H15NO3. The van der Waals surface area contributed by atoms with Crippen LogP contribution in [0.25, 0.3) is 0 Å². The highest BCUT2D eigenvalue weighted by molar-refractivity contribution is 5.87. The molecule has 1 saturated heterocycles. The monoisotopic (exact) mass is 209 g/mol. The van der Waals surface area contributed by atoms with Crippen molar-refractivity contribution in [1.29, 1.82) is 0 Å². The molecule has 1 aliphatic heterocycles. The maximum Gasteiger partial charge on any atom is 0.306 e. The molecule has 1 N–H and O–H groups in total. The van der Waals surface area contributed by atoms with E-state index in [1.165, 1.54) is 6.08 Å². The van der Waals surface area contributed by atoms with Gasteiger partial charge in [-0.25, -0.2) is 0 Å². The first-order chi connectivity index (χ1) is 7.11. The second kappa shape index (κ2) is 3.68. The van der Waals surface area contributed by atoms with Crippen molar-refractivity contribution in [2.45, 2.75) is 31.9 Å². The van der Waals surface area contributed by atoms with Gasteiger partial charge in [0, 0.05) is 0 Å². The van der Waals surface area contributed by atoms with Gasteiger partial charge in [0.05, 0.1) is 12.5 Å². The van der Waals surface area contributed by atoms with Gasteiger partial charge in [0.15, 0.2) is 0 Å². The third kappa shape index (κ3) is 1.76. The third-order valence-electron chi connectivity index (χ3n) is 3.29. The average Bonchev–Trinajstić information content (AvgIpc) is 2.37. The fourth-order valence-corrected chi connectivity index (χ4v) is 2.62. The van der Waals surface area contributed by atoms with Crippen molar-refractivity contribution in [2.24, 2.45) is 11.8 Å². The molecule has 4 atom stereocenters. The minimum Gasteiger partial charge on any atom is -0.460 e. The topological polar surface area (TPSA) is 55.4 Å². The Morgan fingerprint density at radius 1 is 1.67 bits per heavy atom. The van der Waals surface area contributed by atoms with Crippen molar-refractivity contribution in [3.8, 4) is 0 Å². The average molecular weight is 209 g/mol. The molecule has 4 unspecified atom stereocenters. The van der Waals surface area contributed by atoms with E-state index in [-0.39, 0.29) is 29.9 Å². The second-order valence-electron chi connectivity index (χ2n) is 4.37. The highest BCUT2D eigenvalue weighted by Crippen LogP contribution is 2.39. The summed E-state index contributed by atoms with van der Waals surface area (Å²) in [7, 11) is 0. The lowest BCUT2D eigenvalue weighted by atomic mass is 9.97. The molecule has 0 aromatic heterocycles. The zero-order chi connectivity index (χ0) is 11.0. The molecule has 2 fully saturated rings. The lowest BCUT2D eigenvalue weighted by Crippen LogP contribution is -2.49. The maximum atomic E-state index is 11.2. The number of amides is 1. The van der Waals surface area contributed by atoms with Crippen molar-refractivity contribution in [3.63, 3.8) is 0 Å². The number of nitrogens with one attached hydrogen (secondary N) is 1. The molecule has 2 rings (SSSR count). The largest absolute Gasteiger partial charge is 0.460 e. The fourth-order valence-electron chi connectivity index (χ4n) is 2.62. The van der Waals surface area contributed by atoms with Crippen LogP contribution >= 0.6 is 0 Å². The predicted octanol–water partition coefficient (Wildman–Crippen LogP) is 0.629. The van der Waals surface area contributed by atoms with E-state index >= 15 is 0 Å². The Hall–Kier alpha value is -1.32. The molecule has 0 aromatic carbocycles. The Kier molecular flexibility index (Phi) is 2.50. The van der Waals surface area contributed by atoms with Crippen LogP contribution in [0.15, 0.2) is 12.7 Å². The fraction of sp³-hybridized carbons (Fsp3) is 0.636. The summed E-state index contributed by atoms with van der Waals surface area (Å²) in [5.74, 6) is 0.229. The van der Waals surface area contributed by atoms with Gasteiger partial charge in [0.1, 0.15) is 6.10 Å². The summed E-state index contributed by atoms with van der Waals surface area (Å²) in [6.45, 7) is 5.46. The number of fused-ring (bicyclic) bond motifs is 2. The van der Waals surface area contributed by atoms with E-state index < -0.39 is 0 Å². The van der Waals surface area contributed by atoms with Crippen LogP contribution in [0.2, 0.25) is 0 Å². The normalized spacial score (nSPS) is 38.3. The van der Waals surface area contributed by atoms with Gasteiger partial charge in [0.25, 0.3) is 0 Å². The Morgan fingerprint density at radius 3 is 3.00 bits per heavy atom. The number of hydrogen-bond acceptors (Lipinski definition) is 3. The third-order valence-corrected chi connectivity index (χ3v) is 3.29. The summed E-state index contributed by atoms with van der Waals surface area (Å²) < 4.78 is 5.26. The number of hydrogen-bond donors (Lipinski definition) is 1. The molecule has 2 aliphatic rings. The Morgan fingerprint density at radius 2 is 2.40 bits per heavy atom. The Labute approximate surface area is 88.7 Å². The smallest absolute Gasteiger partial charge is 0.306 e. The van der Waals surface area contributed by atoms with E-state index in [0.29, 0.717) is 12.3 Å². The van der Waals surface area contributed by atoms with Crippen LogP contribution in [0.1, 0.15) is 19.8 Å². The molecule has 82 valence electrons. The van der Waals surface area contributed by atoms with Crippen molar-refractivity contribution in [1.82, 2.24) is 5.32 Å². The number of ether oxygens (including phenoxy) is 1. The van der Waals surface area contributed by atoms with Crippen LogP contribution in [-0.4, -0.2) is 24.0 Å². The van der Waals surface area contributed by atoms with Gasteiger partial charge in [-0.1, -0.05) is 13.5 Å². The molecule has 2 bridgehead atoms. The van der Waals surface area contributed by atoms with Crippen LogP contribution in [0.5, 0.6) is 0 Å². The van der Waals surface area contributed by atoms with E-state index in [4.69, 9.17) is 4.74 Å². The summed E-state index contributed by atoms with van der Waals surface area (Å²) in [5, 5.41) is 2.85. The number of carbonyl (C=O) groups is 2. The zero-order valence-electron chi connectivity index (χ0n) is 8.73. The first-order valence-corrected chi connectivity index (χ1v) is 5.24. The Balaban J connectivity index is 2.10. The molecule has 1 heterocycles. The standard InChI is InChI=1S/C11H15NO3/c1-3-8(13)12-10-7-4-6(2)11(10)15-9(14)5-7/h3,6-7,10-11H,1,4-5H2,2H3,(H,12,13).